The van der Waals surface area contributed by atoms with E-state index in [0.29, 0.717) is 6.42 Å². The molecule has 3 rings (SSSR count). The van der Waals surface area contributed by atoms with Crippen LogP contribution in [0.4, 0.5) is 0 Å². The van der Waals surface area contributed by atoms with Gasteiger partial charge in [0.1, 0.15) is 0 Å². The maximum atomic E-state index is 11.3. The minimum atomic E-state index is -0.108. The Balaban J connectivity index is 2.10. The highest BCUT2D eigenvalue weighted by molar-refractivity contribution is 5.83. The lowest BCUT2D eigenvalue weighted by atomic mass is 9.98. The molecule has 0 saturated carbocycles. The molecule has 1 heterocycles. The van der Waals surface area contributed by atoms with Crippen molar-refractivity contribution in [2.45, 2.75) is 13.3 Å². The number of benzene rings is 2. The zero-order valence-corrected chi connectivity index (χ0v) is 10.1. The number of hydrogen-bond acceptors (Lipinski definition) is 2. The molecule has 2 aromatic rings. The zero-order chi connectivity index (χ0) is 12.5. The fourth-order valence-electron chi connectivity index (χ4n) is 2.12. The average Bonchev–Trinajstić information content (AvgIpc) is 2.38. The Bertz CT molecular complexity index is 602. The monoisotopic (exact) mass is 239 g/mol. The molecule has 0 radical (unpaired) electrons. The van der Waals surface area contributed by atoms with E-state index in [9.17, 15) is 4.79 Å². The van der Waals surface area contributed by atoms with E-state index in [4.69, 9.17) is 4.84 Å². The van der Waals surface area contributed by atoms with E-state index < -0.39 is 0 Å². The molecule has 3 nitrogen and oxygen atoms in total. The van der Waals surface area contributed by atoms with Crippen LogP contribution in [0.15, 0.2) is 42.5 Å². The Labute approximate surface area is 105 Å². The lowest BCUT2D eigenvalue weighted by molar-refractivity contribution is -0.128. The Kier molecular flexibility index (Phi) is 2.52. The van der Waals surface area contributed by atoms with Crippen molar-refractivity contribution in [2.75, 3.05) is 0 Å². The topological polar surface area (TPSA) is 38.3 Å². The van der Waals surface area contributed by atoms with Crippen molar-refractivity contribution < 1.29 is 9.63 Å². The number of para-hydroxylation sites is 1. The summed E-state index contributed by atoms with van der Waals surface area (Å²) in [5.41, 5.74) is 6.67. The molecule has 0 fully saturated rings. The molecule has 0 bridgehead atoms. The van der Waals surface area contributed by atoms with E-state index in [1.807, 2.05) is 18.2 Å². The molecule has 0 spiro atoms. The van der Waals surface area contributed by atoms with Gasteiger partial charge in [-0.1, -0.05) is 48.0 Å². The number of nitrogens with one attached hydrogen (secondary N) is 1. The maximum absolute atomic E-state index is 11.3. The van der Waals surface area contributed by atoms with Crippen molar-refractivity contribution in [2.24, 2.45) is 0 Å². The number of amides is 1. The second-order valence-corrected chi connectivity index (χ2v) is 4.46. The maximum Gasteiger partial charge on any atom is 0.257 e. The first-order chi connectivity index (χ1) is 8.74. The van der Waals surface area contributed by atoms with Gasteiger partial charge in [0.2, 0.25) is 0 Å². The van der Waals surface area contributed by atoms with Gasteiger partial charge in [0.25, 0.3) is 5.91 Å². The average molecular weight is 239 g/mol. The predicted molar refractivity (Wildman–Crippen MR) is 69.1 cm³/mol. The van der Waals surface area contributed by atoms with Crippen molar-refractivity contribution >= 4 is 5.91 Å². The Morgan fingerprint density at radius 1 is 1.11 bits per heavy atom. The molecule has 0 aliphatic carbocycles. The molecule has 18 heavy (non-hydrogen) atoms. The molecular weight excluding hydrogens is 226 g/mol. The summed E-state index contributed by atoms with van der Waals surface area (Å²) in [5, 5.41) is 0. The smallest absolute Gasteiger partial charge is 0.257 e. The number of hydroxylamine groups is 1. The van der Waals surface area contributed by atoms with E-state index in [-0.39, 0.29) is 5.91 Å². The van der Waals surface area contributed by atoms with Crippen LogP contribution in [0, 0.1) is 6.92 Å². The second-order valence-electron chi connectivity index (χ2n) is 4.46. The second kappa shape index (κ2) is 4.18. The van der Waals surface area contributed by atoms with Crippen molar-refractivity contribution in [3.8, 4) is 16.9 Å². The number of aryl methyl sites for hydroxylation is 1. The van der Waals surface area contributed by atoms with Crippen molar-refractivity contribution in [1.82, 2.24) is 5.48 Å². The van der Waals surface area contributed by atoms with Crippen LogP contribution in [-0.2, 0) is 11.2 Å². The number of carbonyl (C=O) groups excluding carboxylic acids is 1. The van der Waals surface area contributed by atoms with Crippen LogP contribution >= 0.6 is 0 Å². The first-order valence-electron chi connectivity index (χ1n) is 5.88. The number of hydrogen-bond donors (Lipinski definition) is 1. The molecule has 1 aliphatic rings. The Morgan fingerprint density at radius 2 is 1.89 bits per heavy atom. The Morgan fingerprint density at radius 3 is 2.67 bits per heavy atom. The number of fused-ring (bicyclic) bond motifs is 1. The van der Waals surface area contributed by atoms with Crippen LogP contribution in [0.5, 0.6) is 5.75 Å². The molecule has 0 atom stereocenters. The lowest BCUT2D eigenvalue weighted by Crippen LogP contribution is -2.33. The van der Waals surface area contributed by atoms with Gasteiger partial charge < -0.3 is 4.84 Å². The minimum Gasteiger partial charge on any atom is -0.379 e. The molecule has 90 valence electrons. The standard InChI is InChI=1S/C15H13NO2/c1-10-5-7-11(8-6-10)13-4-2-3-12-9-14(17)16-18-15(12)13/h2-8H,9H2,1H3,(H,16,17). The summed E-state index contributed by atoms with van der Waals surface area (Å²) in [6.07, 6.45) is 0.370. The summed E-state index contributed by atoms with van der Waals surface area (Å²) in [7, 11) is 0. The highest BCUT2D eigenvalue weighted by atomic mass is 16.7. The third kappa shape index (κ3) is 1.84. The van der Waals surface area contributed by atoms with Gasteiger partial charge in [-0.05, 0) is 12.5 Å². The minimum absolute atomic E-state index is 0.108. The molecule has 1 amide bonds. The molecule has 0 saturated heterocycles. The number of rotatable bonds is 1. The van der Waals surface area contributed by atoms with E-state index in [2.05, 4.69) is 36.7 Å². The van der Waals surface area contributed by atoms with Gasteiger partial charge in [0, 0.05) is 11.1 Å². The van der Waals surface area contributed by atoms with E-state index in [0.717, 1.165) is 22.4 Å². The summed E-state index contributed by atoms with van der Waals surface area (Å²) >= 11 is 0. The zero-order valence-electron chi connectivity index (χ0n) is 10.1. The number of carbonyl (C=O) groups is 1. The van der Waals surface area contributed by atoms with Crippen molar-refractivity contribution in [3.05, 3.63) is 53.6 Å². The van der Waals surface area contributed by atoms with Crippen molar-refractivity contribution in [1.29, 1.82) is 0 Å². The van der Waals surface area contributed by atoms with Crippen LogP contribution in [0.3, 0.4) is 0 Å². The highest BCUT2D eigenvalue weighted by Crippen LogP contribution is 2.34. The molecule has 0 aromatic heterocycles. The molecular formula is C15H13NO2. The largest absolute Gasteiger partial charge is 0.379 e. The quantitative estimate of drug-likeness (QED) is 0.830. The SMILES string of the molecule is Cc1ccc(-c2cccc3c2ONC(=O)C3)cc1. The lowest BCUT2D eigenvalue weighted by Gasteiger charge is -2.19. The first-order valence-corrected chi connectivity index (χ1v) is 5.88. The highest BCUT2D eigenvalue weighted by Gasteiger charge is 2.19. The van der Waals surface area contributed by atoms with Gasteiger partial charge in [-0.2, -0.15) is 5.48 Å². The summed E-state index contributed by atoms with van der Waals surface area (Å²) in [6, 6.07) is 14.1. The molecule has 3 heteroatoms. The summed E-state index contributed by atoms with van der Waals surface area (Å²) in [5.74, 6) is 0.643. The summed E-state index contributed by atoms with van der Waals surface area (Å²) < 4.78 is 0. The van der Waals surface area contributed by atoms with Gasteiger partial charge in [0.15, 0.2) is 5.75 Å². The normalized spacial score (nSPS) is 13.5. The first kappa shape index (κ1) is 10.8. The van der Waals surface area contributed by atoms with Gasteiger partial charge in [0.05, 0.1) is 6.42 Å². The summed E-state index contributed by atoms with van der Waals surface area (Å²) in [6.45, 7) is 2.06. The molecule has 2 aromatic carbocycles. The van der Waals surface area contributed by atoms with Gasteiger partial charge in [-0.25, -0.2) is 0 Å². The van der Waals surface area contributed by atoms with Crippen LogP contribution in [0.2, 0.25) is 0 Å². The van der Waals surface area contributed by atoms with Gasteiger partial charge in [-0.3, -0.25) is 4.79 Å². The fourth-order valence-corrected chi connectivity index (χ4v) is 2.12. The van der Waals surface area contributed by atoms with Crippen LogP contribution in [0.1, 0.15) is 11.1 Å². The third-order valence-corrected chi connectivity index (χ3v) is 3.08. The van der Waals surface area contributed by atoms with Crippen LogP contribution in [-0.4, -0.2) is 5.91 Å². The van der Waals surface area contributed by atoms with E-state index in [1.165, 1.54) is 5.56 Å². The van der Waals surface area contributed by atoms with Crippen LogP contribution < -0.4 is 10.3 Å². The van der Waals surface area contributed by atoms with Gasteiger partial charge in [-0.15, -0.1) is 0 Å². The third-order valence-electron chi connectivity index (χ3n) is 3.08. The fraction of sp³-hybridized carbons (Fsp3) is 0.133. The molecule has 1 N–H and O–H groups in total. The van der Waals surface area contributed by atoms with E-state index >= 15 is 0 Å². The Hall–Kier alpha value is -2.29. The van der Waals surface area contributed by atoms with E-state index in [1.54, 1.807) is 0 Å². The van der Waals surface area contributed by atoms with Gasteiger partial charge >= 0.3 is 0 Å². The predicted octanol–water partition coefficient (Wildman–Crippen LogP) is 2.63. The molecule has 0 unspecified atom stereocenters. The van der Waals surface area contributed by atoms with Crippen molar-refractivity contribution in [3.63, 3.8) is 0 Å². The molecule has 1 aliphatic heterocycles. The summed E-state index contributed by atoms with van der Waals surface area (Å²) in [4.78, 5) is 16.6. The van der Waals surface area contributed by atoms with Crippen LogP contribution in [0.25, 0.3) is 11.1 Å².